The molecular formula is C13H14N2O2S. The average Bonchev–Trinajstić information content (AvgIpc) is 2.36. The van der Waals surface area contributed by atoms with Crippen LogP contribution in [0.5, 0.6) is 0 Å². The quantitative estimate of drug-likeness (QED) is 0.608. The Morgan fingerprint density at radius 1 is 1.44 bits per heavy atom. The Morgan fingerprint density at radius 2 is 2.11 bits per heavy atom. The molecule has 0 saturated heterocycles. The molecule has 0 saturated carbocycles. The van der Waals surface area contributed by atoms with Gasteiger partial charge in [0.2, 0.25) is 0 Å². The van der Waals surface area contributed by atoms with Gasteiger partial charge in [0.25, 0.3) is 0 Å². The summed E-state index contributed by atoms with van der Waals surface area (Å²) in [5.41, 5.74) is 1.58. The van der Waals surface area contributed by atoms with Crippen LogP contribution in [0.1, 0.15) is 12.5 Å². The number of thiocyanates is 1. The van der Waals surface area contributed by atoms with Crippen molar-refractivity contribution < 1.29 is 9.90 Å². The molecule has 94 valence electrons. The number of carboxylic acids is 1. The Bertz CT molecular complexity index is 478. The number of likely N-dealkylation sites (N-methyl/N-ethyl adjacent to an activating group) is 1. The number of hydrogen-bond donors (Lipinski definition) is 2. The summed E-state index contributed by atoms with van der Waals surface area (Å²) in [6.45, 7) is 2.51. The summed E-state index contributed by atoms with van der Waals surface area (Å²) < 4.78 is 0. The highest BCUT2D eigenvalue weighted by Crippen LogP contribution is 2.20. The molecule has 0 atom stereocenters. The molecule has 0 spiro atoms. The van der Waals surface area contributed by atoms with Crippen molar-refractivity contribution in [1.82, 2.24) is 5.32 Å². The summed E-state index contributed by atoms with van der Waals surface area (Å²) in [6, 6.07) is 9.55. The van der Waals surface area contributed by atoms with Gasteiger partial charge in [0, 0.05) is 18.7 Å². The fourth-order valence-corrected chi connectivity index (χ4v) is 1.96. The molecule has 0 unspecified atom stereocenters. The van der Waals surface area contributed by atoms with Crippen molar-refractivity contribution in [2.75, 3.05) is 6.54 Å². The van der Waals surface area contributed by atoms with Crippen molar-refractivity contribution in [3.63, 3.8) is 0 Å². The summed E-state index contributed by atoms with van der Waals surface area (Å²) in [4.78, 5) is 11.2. The Kier molecular flexibility index (Phi) is 5.81. The summed E-state index contributed by atoms with van der Waals surface area (Å²) in [5, 5.41) is 22.6. The molecule has 18 heavy (non-hydrogen) atoms. The minimum atomic E-state index is -1.08. The van der Waals surface area contributed by atoms with E-state index in [4.69, 9.17) is 10.4 Å². The number of nitriles is 1. The van der Waals surface area contributed by atoms with Gasteiger partial charge in [-0.3, -0.25) is 0 Å². The SMILES string of the molecule is CCN/C(Cc1ccccc1)=C(/SC#N)C(=O)O. The molecule has 0 aliphatic carbocycles. The second-order valence-corrected chi connectivity index (χ2v) is 4.29. The van der Waals surface area contributed by atoms with Gasteiger partial charge in [-0.15, -0.1) is 0 Å². The largest absolute Gasteiger partial charge is 0.477 e. The molecule has 0 radical (unpaired) electrons. The summed E-state index contributed by atoms with van der Waals surface area (Å²) in [7, 11) is 0. The lowest BCUT2D eigenvalue weighted by molar-refractivity contribution is -0.131. The Hall–Kier alpha value is -1.93. The second-order valence-electron chi connectivity index (χ2n) is 3.50. The van der Waals surface area contributed by atoms with Crippen LogP contribution >= 0.6 is 11.8 Å². The van der Waals surface area contributed by atoms with E-state index in [-0.39, 0.29) is 4.91 Å². The maximum Gasteiger partial charge on any atom is 0.345 e. The fraction of sp³-hybridized carbons (Fsp3) is 0.231. The molecular weight excluding hydrogens is 248 g/mol. The van der Waals surface area contributed by atoms with Crippen LogP contribution in [0, 0.1) is 10.7 Å². The van der Waals surface area contributed by atoms with Crippen molar-refractivity contribution in [2.45, 2.75) is 13.3 Å². The molecule has 0 aliphatic heterocycles. The minimum absolute atomic E-state index is 0.0585. The van der Waals surface area contributed by atoms with Gasteiger partial charge < -0.3 is 10.4 Å². The van der Waals surface area contributed by atoms with E-state index >= 15 is 0 Å². The maximum absolute atomic E-state index is 11.1. The molecule has 1 aromatic carbocycles. The zero-order valence-corrected chi connectivity index (χ0v) is 10.8. The van der Waals surface area contributed by atoms with Crippen LogP contribution in [0.4, 0.5) is 0 Å². The molecule has 0 amide bonds. The van der Waals surface area contributed by atoms with Gasteiger partial charge in [0.15, 0.2) is 0 Å². The Morgan fingerprint density at radius 3 is 2.61 bits per heavy atom. The number of allylic oxidation sites excluding steroid dienone is 1. The normalized spacial score (nSPS) is 11.3. The lowest BCUT2D eigenvalue weighted by Gasteiger charge is -2.11. The van der Waals surface area contributed by atoms with E-state index < -0.39 is 5.97 Å². The molecule has 2 N–H and O–H groups in total. The highest BCUT2D eigenvalue weighted by molar-refractivity contribution is 8.08. The standard InChI is InChI=1S/C13H14N2O2S/c1-2-15-11(12(13(16)17)18-9-14)8-10-6-4-3-5-7-10/h3-7,15H,2,8H2,1H3,(H,16,17)/b12-11+. The van der Waals surface area contributed by atoms with Crippen LogP contribution < -0.4 is 5.32 Å². The Balaban J connectivity index is 3.03. The molecule has 1 rings (SSSR count). The Labute approximate surface area is 110 Å². The summed E-state index contributed by atoms with van der Waals surface area (Å²) in [5.74, 6) is -1.08. The summed E-state index contributed by atoms with van der Waals surface area (Å²) in [6.07, 6.45) is 0.477. The highest BCUT2D eigenvalue weighted by Gasteiger charge is 2.15. The van der Waals surface area contributed by atoms with E-state index in [0.29, 0.717) is 30.4 Å². The van der Waals surface area contributed by atoms with Crippen molar-refractivity contribution in [1.29, 1.82) is 5.26 Å². The van der Waals surface area contributed by atoms with Crippen molar-refractivity contribution in [3.8, 4) is 5.40 Å². The van der Waals surface area contributed by atoms with E-state index in [0.717, 1.165) is 5.56 Å². The number of nitrogens with one attached hydrogen (secondary N) is 1. The van der Waals surface area contributed by atoms with Gasteiger partial charge in [-0.2, -0.15) is 5.26 Å². The fourth-order valence-electron chi connectivity index (χ4n) is 1.52. The average molecular weight is 262 g/mol. The van der Waals surface area contributed by atoms with Crippen LogP contribution in [-0.2, 0) is 11.2 Å². The third kappa shape index (κ3) is 4.15. The van der Waals surface area contributed by atoms with Gasteiger partial charge in [0.05, 0.1) is 0 Å². The smallest absolute Gasteiger partial charge is 0.345 e. The van der Waals surface area contributed by atoms with Gasteiger partial charge in [-0.05, 0) is 24.2 Å². The van der Waals surface area contributed by atoms with Crippen molar-refractivity contribution in [2.24, 2.45) is 0 Å². The van der Waals surface area contributed by atoms with Gasteiger partial charge in [0.1, 0.15) is 10.3 Å². The first kappa shape index (κ1) is 14.1. The number of rotatable bonds is 6. The van der Waals surface area contributed by atoms with Crippen LogP contribution in [0.15, 0.2) is 40.9 Å². The van der Waals surface area contributed by atoms with Crippen molar-refractivity contribution in [3.05, 3.63) is 46.5 Å². The van der Waals surface area contributed by atoms with Gasteiger partial charge >= 0.3 is 5.97 Å². The van der Waals surface area contributed by atoms with Crippen molar-refractivity contribution >= 4 is 17.7 Å². The number of thioether (sulfide) groups is 1. The predicted octanol–water partition coefficient (Wildman–Crippen LogP) is 2.35. The predicted molar refractivity (Wildman–Crippen MR) is 71.7 cm³/mol. The lowest BCUT2D eigenvalue weighted by Crippen LogP contribution is -2.18. The second kappa shape index (κ2) is 7.41. The van der Waals surface area contributed by atoms with Gasteiger partial charge in [-0.25, -0.2) is 4.79 Å². The number of carboxylic acid groups (broad SMARTS) is 1. The van der Waals surface area contributed by atoms with E-state index in [1.165, 1.54) is 0 Å². The molecule has 5 heteroatoms. The number of hydrogen-bond acceptors (Lipinski definition) is 4. The number of aliphatic carboxylic acids is 1. The minimum Gasteiger partial charge on any atom is -0.477 e. The molecule has 1 aromatic rings. The van der Waals surface area contributed by atoms with Gasteiger partial charge in [-0.1, -0.05) is 30.3 Å². The summed E-state index contributed by atoms with van der Waals surface area (Å²) >= 11 is 0.675. The highest BCUT2D eigenvalue weighted by atomic mass is 32.2. The first-order chi connectivity index (χ1) is 8.69. The van der Waals surface area contributed by atoms with E-state index in [1.54, 1.807) is 0 Å². The van der Waals surface area contributed by atoms with E-state index in [9.17, 15) is 4.79 Å². The van der Waals surface area contributed by atoms with E-state index in [1.807, 2.05) is 42.7 Å². The first-order valence-corrected chi connectivity index (χ1v) is 6.30. The third-order valence-electron chi connectivity index (χ3n) is 2.23. The maximum atomic E-state index is 11.1. The van der Waals surface area contributed by atoms with Crippen LogP contribution in [0.2, 0.25) is 0 Å². The van der Waals surface area contributed by atoms with Crippen LogP contribution in [-0.4, -0.2) is 17.6 Å². The van der Waals surface area contributed by atoms with E-state index in [2.05, 4.69) is 5.32 Å². The molecule has 0 aromatic heterocycles. The number of benzene rings is 1. The molecule has 0 bridgehead atoms. The monoisotopic (exact) mass is 262 g/mol. The number of carbonyl (C=O) groups is 1. The molecule has 0 heterocycles. The topological polar surface area (TPSA) is 73.1 Å². The third-order valence-corrected chi connectivity index (χ3v) is 2.95. The van der Waals surface area contributed by atoms with Crippen LogP contribution in [0.3, 0.4) is 0 Å². The zero-order chi connectivity index (χ0) is 13.4. The van der Waals surface area contributed by atoms with Crippen LogP contribution in [0.25, 0.3) is 0 Å². The lowest BCUT2D eigenvalue weighted by atomic mass is 10.1. The first-order valence-electron chi connectivity index (χ1n) is 5.49. The zero-order valence-electron chi connectivity index (χ0n) is 10.0. The molecule has 0 fully saturated rings. The molecule has 0 aliphatic rings. The molecule has 4 nitrogen and oxygen atoms in total. The number of nitrogens with zero attached hydrogens (tertiary/aromatic N) is 1.